The Balaban J connectivity index is 1.30. The van der Waals surface area contributed by atoms with Crippen molar-refractivity contribution in [1.82, 2.24) is 29.5 Å². The van der Waals surface area contributed by atoms with E-state index in [1.165, 1.54) is 12.5 Å². The quantitative estimate of drug-likeness (QED) is 0.267. The number of nitrogens with zero attached hydrogens (tertiary/aromatic N) is 5. The lowest BCUT2D eigenvalue weighted by Gasteiger charge is -2.38. The molecule has 0 bridgehead atoms. The summed E-state index contributed by atoms with van der Waals surface area (Å²) in [5.74, 6) is 0.00321. The number of benzene rings is 2. The summed E-state index contributed by atoms with van der Waals surface area (Å²) in [6.45, 7) is 1.45. The van der Waals surface area contributed by atoms with Crippen LogP contribution >= 0.6 is 15.9 Å². The summed E-state index contributed by atoms with van der Waals surface area (Å²) in [4.78, 5) is 37.3. The fraction of sp³-hybridized carbons (Fsp3) is 0.355. The van der Waals surface area contributed by atoms with Gasteiger partial charge < -0.3 is 24.6 Å². The van der Waals surface area contributed by atoms with Crippen LogP contribution in [-0.4, -0.2) is 72.7 Å². The van der Waals surface area contributed by atoms with Crippen LogP contribution in [0.3, 0.4) is 0 Å². The van der Waals surface area contributed by atoms with Crippen LogP contribution in [0, 0.1) is 0 Å². The van der Waals surface area contributed by atoms with Gasteiger partial charge in [0.2, 0.25) is 5.91 Å². The van der Waals surface area contributed by atoms with Crippen LogP contribution in [0.5, 0.6) is 11.8 Å². The molecule has 0 unspecified atom stereocenters. The number of amides is 2. The summed E-state index contributed by atoms with van der Waals surface area (Å²) in [5, 5.41) is 16.0. The zero-order chi connectivity index (χ0) is 30.7. The topological polar surface area (TPSA) is 117 Å². The Morgan fingerprint density at radius 1 is 1.18 bits per heavy atom. The van der Waals surface area contributed by atoms with Crippen LogP contribution in [0.4, 0.5) is 8.78 Å². The Kier molecular flexibility index (Phi) is 7.14. The summed E-state index contributed by atoms with van der Waals surface area (Å²) >= 11 is 3.39. The molecule has 1 atom stereocenters. The minimum Gasteiger partial charge on any atom is -0.506 e. The van der Waals surface area contributed by atoms with Crippen molar-refractivity contribution in [2.45, 2.75) is 50.7 Å². The predicted octanol–water partition coefficient (Wildman–Crippen LogP) is 5.40. The van der Waals surface area contributed by atoms with Crippen molar-refractivity contribution in [1.29, 1.82) is 0 Å². The van der Waals surface area contributed by atoms with Gasteiger partial charge in [0.1, 0.15) is 17.0 Å². The Labute approximate surface area is 259 Å². The lowest BCUT2D eigenvalue weighted by molar-refractivity contribution is -0.126. The van der Waals surface area contributed by atoms with Crippen LogP contribution in [0.2, 0.25) is 0 Å². The van der Waals surface area contributed by atoms with Gasteiger partial charge in [-0.25, -0.2) is 4.68 Å². The number of phenols is 1. The van der Waals surface area contributed by atoms with Gasteiger partial charge >= 0.3 is 6.61 Å². The number of fused-ring (bicyclic) bond motifs is 1. The van der Waals surface area contributed by atoms with Gasteiger partial charge in [-0.05, 0) is 70.6 Å². The molecule has 13 heteroatoms. The molecule has 2 N–H and O–H groups in total. The van der Waals surface area contributed by atoms with Gasteiger partial charge in [-0.2, -0.15) is 18.9 Å². The van der Waals surface area contributed by atoms with Gasteiger partial charge in [0.05, 0.1) is 28.5 Å². The zero-order valence-corrected chi connectivity index (χ0v) is 25.2. The van der Waals surface area contributed by atoms with E-state index in [1.807, 2.05) is 18.2 Å². The Morgan fingerprint density at radius 2 is 2.00 bits per heavy atom. The highest BCUT2D eigenvalue weighted by atomic mass is 79.9. The van der Waals surface area contributed by atoms with Crippen molar-refractivity contribution in [2.75, 3.05) is 19.6 Å². The zero-order valence-electron chi connectivity index (χ0n) is 23.6. The van der Waals surface area contributed by atoms with Gasteiger partial charge in [-0.15, -0.1) is 0 Å². The molecule has 1 saturated carbocycles. The molecule has 2 aliphatic heterocycles. The summed E-state index contributed by atoms with van der Waals surface area (Å²) < 4.78 is 32.7. The number of rotatable bonds is 6. The average molecular weight is 668 g/mol. The molecule has 1 fully saturated rings. The molecule has 44 heavy (non-hydrogen) atoms. The van der Waals surface area contributed by atoms with Gasteiger partial charge in [0.15, 0.2) is 0 Å². The first-order chi connectivity index (χ1) is 21.2. The number of carbonyl (C=O) groups is 2. The number of hydrogen-bond acceptors (Lipinski definition) is 6. The van der Waals surface area contributed by atoms with Gasteiger partial charge in [-0.1, -0.05) is 19.1 Å². The smallest absolute Gasteiger partial charge is 0.389 e. The molecule has 3 aliphatic rings. The minimum absolute atomic E-state index is 0.152. The predicted molar refractivity (Wildman–Crippen MR) is 160 cm³/mol. The molecule has 1 aliphatic carbocycles. The van der Waals surface area contributed by atoms with Gasteiger partial charge in [0.25, 0.3) is 11.9 Å². The molecular formula is C31H29BrF2N6O4. The van der Waals surface area contributed by atoms with E-state index in [0.29, 0.717) is 47.5 Å². The number of alkyl halides is 2. The van der Waals surface area contributed by atoms with Crippen molar-refractivity contribution in [3.8, 4) is 17.4 Å². The first kappa shape index (κ1) is 28.5. The molecule has 0 radical (unpaired) electrons. The number of H-pyrrole nitrogens is 1. The molecule has 0 spiro atoms. The fourth-order valence-electron chi connectivity index (χ4n) is 6.59. The number of ether oxygens (including phenoxy) is 1. The van der Waals surface area contributed by atoms with Crippen molar-refractivity contribution >= 4 is 38.8 Å². The second-order valence-corrected chi connectivity index (χ2v) is 12.2. The molecule has 10 nitrogen and oxygen atoms in total. The number of aromatic amines is 1. The number of halogens is 3. The number of aromatic nitrogens is 4. The van der Waals surface area contributed by atoms with Crippen LogP contribution in [0.1, 0.15) is 64.1 Å². The van der Waals surface area contributed by atoms with Crippen LogP contribution in [-0.2, 0) is 17.6 Å². The molecule has 2 amide bonds. The molecule has 4 heterocycles. The normalized spacial score (nSPS) is 18.2. The molecule has 2 aromatic carbocycles. The number of phenolic OH excluding ortho intramolecular Hbond substituents is 1. The highest BCUT2D eigenvalue weighted by Gasteiger charge is 2.41. The first-order valence-corrected chi connectivity index (χ1v) is 15.3. The molecule has 4 aromatic rings. The van der Waals surface area contributed by atoms with E-state index in [-0.39, 0.29) is 35.2 Å². The minimum atomic E-state index is -3.09. The summed E-state index contributed by atoms with van der Waals surface area (Å²) in [5.41, 5.74) is 4.91. The number of imidazole rings is 1. The third-order valence-electron chi connectivity index (χ3n) is 8.96. The second-order valence-electron chi connectivity index (χ2n) is 11.3. The largest absolute Gasteiger partial charge is 0.506 e. The Morgan fingerprint density at radius 3 is 2.70 bits per heavy atom. The number of carbonyl (C=O) groups excluding carboxylic acids is 2. The maximum atomic E-state index is 14.3. The highest BCUT2D eigenvalue weighted by Crippen LogP contribution is 2.42. The maximum absolute atomic E-state index is 14.3. The first-order valence-electron chi connectivity index (χ1n) is 14.5. The standard InChI is InChI=1S/C31H29BrF2N6O4/c1-2-25(42)38-12-10-20-26-22(40(37-20)21-9-6-17(14-24(21)41)16-4-3-5-16)11-13-39(23(26)15-38)29(43)18-7-8-19(32)28-27(18)35-31(36-28)44-30(33)34/h2,6-9,14,16,23,30,41H,1,3-5,10-13,15H2,(H,35,36)/t23-/m0/s1. The van der Waals surface area contributed by atoms with Crippen LogP contribution in [0.15, 0.2) is 47.5 Å². The van der Waals surface area contributed by atoms with Crippen molar-refractivity contribution in [3.05, 3.63) is 75.5 Å². The lowest BCUT2D eigenvalue weighted by Crippen LogP contribution is -2.45. The van der Waals surface area contributed by atoms with Gasteiger partial charge in [0, 0.05) is 42.5 Å². The van der Waals surface area contributed by atoms with Gasteiger partial charge in [-0.3, -0.25) is 9.59 Å². The second kappa shape index (κ2) is 11.0. The molecule has 7 rings (SSSR count). The summed E-state index contributed by atoms with van der Waals surface area (Å²) in [6.07, 6.45) is 5.61. The van der Waals surface area contributed by atoms with Crippen LogP contribution < -0.4 is 4.74 Å². The number of aromatic hydroxyl groups is 1. The highest BCUT2D eigenvalue weighted by molar-refractivity contribution is 9.10. The maximum Gasteiger partial charge on any atom is 0.389 e. The Bertz CT molecular complexity index is 1820. The SMILES string of the molecule is C=CC(=O)N1CCc2nn(-c3ccc(C4CCC4)cc3O)c3c2[C@H](C1)N(C(=O)c1ccc(Br)c2[nH]c(OC(F)F)nc12)CC3. The fourth-order valence-corrected chi connectivity index (χ4v) is 7.01. The molecule has 0 saturated heterocycles. The molecule has 228 valence electrons. The van der Waals surface area contributed by atoms with Crippen molar-refractivity contribution < 1.29 is 28.2 Å². The van der Waals surface area contributed by atoms with E-state index < -0.39 is 18.7 Å². The van der Waals surface area contributed by atoms with Crippen molar-refractivity contribution in [3.63, 3.8) is 0 Å². The van der Waals surface area contributed by atoms with Crippen LogP contribution in [0.25, 0.3) is 16.7 Å². The van der Waals surface area contributed by atoms with E-state index >= 15 is 0 Å². The summed E-state index contributed by atoms with van der Waals surface area (Å²) in [7, 11) is 0. The van der Waals surface area contributed by atoms with E-state index in [9.17, 15) is 23.5 Å². The Hall–Kier alpha value is -4.26. The lowest BCUT2D eigenvalue weighted by atomic mass is 9.80. The number of hydrogen-bond donors (Lipinski definition) is 2. The van der Waals surface area contributed by atoms with E-state index in [2.05, 4.69) is 37.2 Å². The third kappa shape index (κ3) is 4.73. The third-order valence-corrected chi connectivity index (χ3v) is 9.62. The van der Waals surface area contributed by atoms with Crippen molar-refractivity contribution in [2.24, 2.45) is 0 Å². The number of nitrogens with one attached hydrogen (secondary N) is 1. The van der Waals surface area contributed by atoms with E-state index in [1.54, 1.807) is 26.6 Å². The van der Waals surface area contributed by atoms with E-state index in [0.717, 1.165) is 35.4 Å². The summed E-state index contributed by atoms with van der Waals surface area (Å²) in [6, 6.07) is 8.07. The van der Waals surface area contributed by atoms with E-state index in [4.69, 9.17) is 5.10 Å². The molecular weight excluding hydrogens is 638 g/mol. The monoisotopic (exact) mass is 666 g/mol. The average Bonchev–Trinajstić information content (AvgIpc) is 3.49. The molecule has 2 aromatic heterocycles.